The molecule has 0 bridgehead atoms. The number of nitrogens with one attached hydrogen (secondary N) is 1. The van der Waals surface area contributed by atoms with Gasteiger partial charge in [0.15, 0.2) is 5.13 Å². The number of rotatable bonds is 6. The number of thiazole rings is 1. The number of anilines is 1. The number of ether oxygens (including phenoxy) is 1. The highest BCUT2D eigenvalue weighted by atomic mass is 35.5. The summed E-state index contributed by atoms with van der Waals surface area (Å²) in [5, 5.41) is 39.5. The van der Waals surface area contributed by atoms with E-state index in [2.05, 4.69) is 9.71 Å². The van der Waals surface area contributed by atoms with E-state index in [0.29, 0.717) is 10.6 Å². The topological polar surface area (TPSA) is 149 Å². The lowest BCUT2D eigenvalue weighted by Crippen LogP contribution is -2.58. The first-order valence-electron chi connectivity index (χ1n) is 8.68. The normalized spacial score (nSPS) is 27.7. The summed E-state index contributed by atoms with van der Waals surface area (Å²) in [7, 11) is -3.94. The van der Waals surface area contributed by atoms with E-state index >= 15 is 0 Å². The molecule has 0 radical (unpaired) electrons. The third-order valence-corrected chi connectivity index (χ3v) is 7.68. The van der Waals surface area contributed by atoms with Gasteiger partial charge in [0.2, 0.25) is 0 Å². The fraction of sp³-hybridized carbons (Fsp3) is 0.471. The van der Waals surface area contributed by atoms with Gasteiger partial charge >= 0.3 is 0 Å². The molecule has 1 aromatic carbocycles. The summed E-state index contributed by atoms with van der Waals surface area (Å²) < 4.78 is 33.0. The van der Waals surface area contributed by atoms with Crippen molar-refractivity contribution in [2.45, 2.75) is 48.8 Å². The van der Waals surface area contributed by atoms with Crippen LogP contribution in [-0.2, 0) is 21.2 Å². The van der Waals surface area contributed by atoms with E-state index in [1.807, 2.05) is 0 Å². The number of aryl methyl sites for hydroxylation is 1. The number of sulfonamides is 1. The number of halogens is 1. The van der Waals surface area contributed by atoms with Gasteiger partial charge in [0, 0.05) is 11.3 Å². The van der Waals surface area contributed by atoms with E-state index in [1.54, 1.807) is 19.1 Å². The van der Waals surface area contributed by atoms with Gasteiger partial charge in [-0.3, -0.25) is 4.72 Å². The van der Waals surface area contributed by atoms with E-state index in [4.69, 9.17) is 16.3 Å². The monoisotopic (exact) mass is 464 g/mol. The van der Waals surface area contributed by atoms with Gasteiger partial charge < -0.3 is 25.2 Å². The number of aromatic nitrogens is 1. The molecule has 0 spiro atoms. The lowest BCUT2D eigenvalue weighted by molar-refractivity contribution is -0.228. The van der Waals surface area contributed by atoms with Crippen molar-refractivity contribution in [1.29, 1.82) is 0 Å². The summed E-state index contributed by atoms with van der Waals surface area (Å²) in [6.45, 7) is 1.15. The summed E-state index contributed by atoms with van der Waals surface area (Å²) in [5.74, 6) is 0. The van der Waals surface area contributed by atoms with Crippen LogP contribution in [-0.4, -0.2) is 71.0 Å². The van der Waals surface area contributed by atoms with Crippen LogP contribution in [0.3, 0.4) is 0 Å². The Morgan fingerprint density at radius 1 is 1.17 bits per heavy atom. The van der Waals surface area contributed by atoms with Crippen LogP contribution in [0.4, 0.5) is 5.13 Å². The molecule has 160 valence electrons. The van der Waals surface area contributed by atoms with Crippen molar-refractivity contribution in [1.82, 2.24) is 4.98 Å². The van der Waals surface area contributed by atoms with Crippen LogP contribution in [0.25, 0.3) is 0 Å². The minimum atomic E-state index is -3.94. The minimum absolute atomic E-state index is 0.0785. The van der Waals surface area contributed by atoms with E-state index < -0.39 is 47.2 Å². The van der Waals surface area contributed by atoms with Crippen LogP contribution in [0.1, 0.15) is 10.6 Å². The smallest absolute Gasteiger partial charge is 0.265 e. The number of nitrogens with zero attached hydrogens (tertiary/aromatic N) is 1. The highest BCUT2D eigenvalue weighted by Crippen LogP contribution is 2.31. The van der Waals surface area contributed by atoms with E-state index in [0.717, 1.165) is 11.3 Å². The molecule has 0 unspecified atom stereocenters. The number of aliphatic hydroxyl groups is 4. The van der Waals surface area contributed by atoms with Crippen LogP contribution in [0.2, 0.25) is 5.02 Å². The zero-order chi connectivity index (χ0) is 21.3. The lowest BCUT2D eigenvalue weighted by Gasteiger charge is -2.40. The standard InChI is InChI=1S/C17H21ClN2O7S2/c1-8-12(6-10-14(22)16(24)15(23)11(7-21)27-10)28-17(19-8)20-29(25,26)13-5-3-2-4-9(13)18/h2-5,10-11,14-16,21-24H,6-7H2,1H3,(H,19,20)/t10-,11+,14-,15-,16+/m0/s1. The number of aliphatic hydroxyl groups excluding tert-OH is 4. The molecule has 1 aromatic heterocycles. The van der Waals surface area contributed by atoms with Crippen LogP contribution < -0.4 is 4.72 Å². The van der Waals surface area contributed by atoms with Gasteiger partial charge in [-0.1, -0.05) is 23.7 Å². The maximum Gasteiger partial charge on any atom is 0.265 e. The zero-order valence-corrected chi connectivity index (χ0v) is 17.7. The van der Waals surface area contributed by atoms with Crippen molar-refractivity contribution in [2.75, 3.05) is 11.3 Å². The van der Waals surface area contributed by atoms with E-state index in [-0.39, 0.29) is 21.5 Å². The van der Waals surface area contributed by atoms with Crippen molar-refractivity contribution in [3.8, 4) is 0 Å². The molecule has 1 aliphatic heterocycles. The quantitative estimate of drug-likeness (QED) is 0.409. The van der Waals surface area contributed by atoms with Crippen LogP contribution >= 0.6 is 22.9 Å². The predicted molar refractivity (Wildman–Crippen MR) is 107 cm³/mol. The lowest BCUT2D eigenvalue weighted by atomic mass is 9.93. The molecule has 0 amide bonds. The Kier molecular flexibility index (Phi) is 6.81. The second kappa shape index (κ2) is 8.82. The average Bonchev–Trinajstić information content (AvgIpc) is 3.00. The van der Waals surface area contributed by atoms with Gasteiger partial charge in [0.05, 0.1) is 23.4 Å². The summed E-state index contributed by atoms with van der Waals surface area (Å²) in [4.78, 5) is 4.74. The second-order valence-corrected chi connectivity index (χ2v) is 9.78. The van der Waals surface area contributed by atoms with Crippen LogP contribution in [0.5, 0.6) is 0 Å². The minimum Gasteiger partial charge on any atom is -0.394 e. The second-order valence-electron chi connectivity index (χ2n) is 6.63. The number of hydrogen-bond donors (Lipinski definition) is 5. The molecule has 12 heteroatoms. The maximum absolute atomic E-state index is 12.6. The molecule has 3 rings (SSSR count). The summed E-state index contributed by atoms with van der Waals surface area (Å²) in [5.41, 5.74) is 0.517. The zero-order valence-electron chi connectivity index (χ0n) is 15.3. The third-order valence-electron chi connectivity index (χ3n) is 4.62. The Morgan fingerprint density at radius 3 is 2.48 bits per heavy atom. The Bertz CT molecular complexity index is 966. The molecule has 1 fully saturated rings. The van der Waals surface area contributed by atoms with Crippen molar-refractivity contribution < 1.29 is 33.6 Å². The fourth-order valence-corrected chi connectivity index (χ4v) is 5.78. The Hall–Kier alpha value is -1.31. The molecule has 2 heterocycles. The van der Waals surface area contributed by atoms with Gasteiger partial charge in [0.1, 0.15) is 29.3 Å². The average molecular weight is 465 g/mol. The van der Waals surface area contributed by atoms with Gasteiger partial charge in [-0.05, 0) is 19.1 Å². The Morgan fingerprint density at radius 2 is 1.83 bits per heavy atom. The van der Waals surface area contributed by atoms with Gasteiger partial charge in [-0.2, -0.15) is 0 Å². The molecule has 9 nitrogen and oxygen atoms in total. The molecular weight excluding hydrogens is 444 g/mol. The molecule has 0 saturated carbocycles. The summed E-state index contributed by atoms with van der Waals surface area (Å²) >= 11 is 7.02. The molecule has 1 saturated heterocycles. The van der Waals surface area contributed by atoms with Crippen LogP contribution in [0, 0.1) is 6.92 Å². The number of hydrogen-bond acceptors (Lipinski definition) is 9. The van der Waals surface area contributed by atoms with E-state index in [9.17, 15) is 28.8 Å². The van der Waals surface area contributed by atoms with Gasteiger partial charge in [-0.25, -0.2) is 13.4 Å². The summed E-state index contributed by atoms with van der Waals surface area (Å²) in [6, 6.07) is 6.01. The molecule has 2 aromatic rings. The first-order valence-corrected chi connectivity index (χ1v) is 11.4. The van der Waals surface area contributed by atoms with Crippen LogP contribution in [0.15, 0.2) is 29.2 Å². The third kappa shape index (κ3) is 4.72. The maximum atomic E-state index is 12.6. The van der Waals surface area contributed by atoms with Crippen molar-refractivity contribution in [3.63, 3.8) is 0 Å². The van der Waals surface area contributed by atoms with Crippen molar-refractivity contribution in [2.24, 2.45) is 0 Å². The SMILES string of the molecule is Cc1nc(NS(=O)(=O)c2ccccc2Cl)sc1C[C@@H]1O[C@H](CO)[C@H](O)[C@H](O)[C@H]1O. The number of benzene rings is 1. The Labute approximate surface area is 176 Å². The Balaban J connectivity index is 1.78. The van der Waals surface area contributed by atoms with E-state index in [1.165, 1.54) is 12.1 Å². The molecule has 5 N–H and O–H groups in total. The summed E-state index contributed by atoms with van der Waals surface area (Å²) in [6.07, 6.45) is -6.09. The van der Waals surface area contributed by atoms with Gasteiger partial charge in [0.25, 0.3) is 10.0 Å². The predicted octanol–water partition coefficient (Wildman–Crippen LogP) is 0.291. The molecule has 1 aliphatic rings. The van der Waals surface area contributed by atoms with Gasteiger partial charge in [-0.15, -0.1) is 11.3 Å². The fourth-order valence-electron chi connectivity index (χ4n) is 3.02. The molecule has 0 aliphatic carbocycles. The highest BCUT2D eigenvalue weighted by molar-refractivity contribution is 7.93. The molecular formula is C17H21ClN2O7S2. The first kappa shape index (κ1) is 22.4. The largest absolute Gasteiger partial charge is 0.394 e. The van der Waals surface area contributed by atoms with Crippen molar-refractivity contribution in [3.05, 3.63) is 39.9 Å². The molecule has 5 atom stereocenters. The first-order chi connectivity index (χ1) is 13.6. The van der Waals surface area contributed by atoms with Crippen molar-refractivity contribution >= 4 is 38.1 Å². The highest BCUT2D eigenvalue weighted by Gasteiger charge is 2.43. The molecule has 29 heavy (non-hydrogen) atoms.